The van der Waals surface area contributed by atoms with Crippen LogP contribution in [0, 0.1) is 0 Å². The van der Waals surface area contributed by atoms with Gasteiger partial charge in [-0.1, -0.05) is 54.6 Å². The zero-order valence-corrected chi connectivity index (χ0v) is 17.4. The zero-order chi connectivity index (χ0) is 19.6. The van der Waals surface area contributed by atoms with Gasteiger partial charge in [-0.05, 0) is 61.8 Å². The van der Waals surface area contributed by atoms with Gasteiger partial charge in [0.2, 0.25) is 0 Å². The first-order valence-electron chi connectivity index (χ1n) is 10.1. The Morgan fingerprint density at radius 3 is 2.17 bits per heavy atom. The third kappa shape index (κ3) is 7.87. The normalized spacial score (nSPS) is 15.4. The highest BCUT2D eigenvalue weighted by Crippen LogP contribution is 2.11. The van der Waals surface area contributed by atoms with Crippen LogP contribution in [0.25, 0.3) is 0 Å². The first-order chi connectivity index (χ1) is 13.7. The molecule has 0 unspecified atom stereocenters. The molecule has 0 aliphatic carbocycles. The molecule has 156 valence electrons. The lowest BCUT2D eigenvalue weighted by atomic mass is 10.0. The summed E-state index contributed by atoms with van der Waals surface area (Å²) in [5.74, 6) is -0.737. The fraction of sp³-hybridized carbons (Fsp3) is 0.391. The summed E-state index contributed by atoms with van der Waals surface area (Å²) in [6.07, 6.45) is 6.34. The molecule has 0 saturated carbocycles. The number of carbonyl (C=O) groups excluding carboxylic acids is 2. The average Bonchev–Trinajstić information content (AvgIpc) is 3.26. The molecule has 0 spiro atoms. The smallest absolute Gasteiger partial charge is 0.339 e. The number of unbranched alkanes of at least 4 members (excludes halogenated alkanes) is 1. The number of carbonyl (C=O) groups is 2. The van der Waals surface area contributed by atoms with Gasteiger partial charge in [0, 0.05) is 0 Å². The molecule has 1 amide bonds. The number of rotatable bonds is 8. The minimum Gasteiger partial charge on any atom is -0.339 e. The topological polar surface area (TPSA) is 67.4 Å². The van der Waals surface area contributed by atoms with Gasteiger partial charge >= 0.3 is 5.97 Å². The molecule has 6 heteroatoms. The van der Waals surface area contributed by atoms with E-state index in [0.29, 0.717) is 0 Å². The van der Waals surface area contributed by atoms with Crippen LogP contribution in [0.2, 0.25) is 0 Å². The molecule has 0 aromatic heterocycles. The summed E-state index contributed by atoms with van der Waals surface area (Å²) in [7, 11) is 0. The largest absolute Gasteiger partial charge is 0.348 e. The maximum Gasteiger partial charge on any atom is 0.348 e. The second-order valence-corrected chi connectivity index (χ2v) is 7.28. The van der Waals surface area contributed by atoms with E-state index in [2.05, 4.69) is 47.2 Å². The number of hydroxylamine groups is 1. The van der Waals surface area contributed by atoms with Gasteiger partial charge in [-0.3, -0.25) is 4.79 Å². The van der Waals surface area contributed by atoms with E-state index in [1.54, 1.807) is 0 Å². The van der Waals surface area contributed by atoms with E-state index in [-0.39, 0.29) is 30.8 Å². The van der Waals surface area contributed by atoms with Crippen molar-refractivity contribution in [3.05, 3.63) is 71.3 Å². The van der Waals surface area contributed by atoms with Gasteiger partial charge in [-0.25, -0.2) is 4.79 Å². The van der Waals surface area contributed by atoms with Gasteiger partial charge in [-0.15, -0.1) is 12.4 Å². The molecule has 2 aromatic carbocycles. The second kappa shape index (κ2) is 12.2. The molecular formula is C23H29ClN2O3. The van der Waals surface area contributed by atoms with Crippen LogP contribution in [0.5, 0.6) is 0 Å². The van der Waals surface area contributed by atoms with Crippen molar-refractivity contribution in [2.24, 2.45) is 0 Å². The number of halogens is 1. The molecule has 1 fully saturated rings. The molecule has 29 heavy (non-hydrogen) atoms. The summed E-state index contributed by atoms with van der Waals surface area (Å²) in [6.45, 7) is 0.812. The lowest BCUT2D eigenvalue weighted by Gasteiger charge is -2.10. The van der Waals surface area contributed by atoms with E-state index >= 15 is 0 Å². The maximum atomic E-state index is 12.0. The highest BCUT2D eigenvalue weighted by molar-refractivity contribution is 5.85. The monoisotopic (exact) mass is 416 g/mol. The molecule has 2 N–H and O–H groups in total. The molecule has 2 aromatic rings. The summed E-state index contributed by atoms with van der Waals surface area (Å²) in [5, 5.41) is 3.04. The predicted molar refractivity (Wildman–Crippen MR) is 116 cm³/mol. The van der Waals surface area contributed by atoms with E-state index in [1.165, 1.54) is 11.1 Å². The Morgan fingerprint density at radius 2 is 1.55 bits per heavy atom. The molecule has 0 radical (unpaired) electrons. The quantitative estimate of drug-likeness (QED) is 0.510. The number of aryl methyl sites for hydroxylation is 2. The van der Waals surface area contributed by atoms with Crippen molar-refractivity contribution in [3.8, 4) is 0 Å². The molecule has 1 aliphatic rings. The van der Waals surface area contributed by atoms with Crippen LogP contribution in [-0.4, -0.2) is 24.5 Å². The van der Waals surface area contributed by atoms with Gasteiger partial charge in [0.25, 0.3) is 5.91 Å². The Labute approximate surface area is 178 Å². The van der Waals surface area contributed by atoms with Gasteiger partial charge in [-0.2, -0.15) is 5.48 Å². The number of nitrogens with one attached hydrogen (secondary N) is 2. The van der Waals surface area contributed by atoms with Crippen LogP contribution in [-0.2, 0) is 33.7 Å². The van der Waals surface area contributed by atoms with Crippen LogP contribution in [0.1, 0.15) is 42.4 Å². The highest BCUT2D eigenvalue weighted by atomic mass is 35.5. The Bertz CT molecular complexity index is 759. The van der Waals surface area contributed by atoms with Crippen molar-refractivity contribution in [2.75, 3.05) is 6.54 Å². The fourth-order valence-electron chi connectivity index (χ4n) is 3.41. The summed E-state index contributed by atoms with van der Waals surface area (Å²) >= 11 is 0. The molecule has 1 saturated heterocycles. The van der Waals surface area contributed by atoms with Gasteiger partial charge in [0.05, 0.1) is 6.42 Å². The standard InChI is InChI=1S/C23H28N2O3.ClH/c26-22(25-28-23(27)21-11-6-16-24-21)17-20-14-12-19(13-15-20)10-5-4-9-18-7-2-1-3-8-18;/h1-3,7-8,12-15,21,24H,4-6,9-11,16-17H2,(H,25,26);1H/t21-;/m0./s1. The Kier molecular flexibility index (Phi) is 9.68. The molecule has 1 heterocycles. The predicted octanol–water partition coefficient (Wildman–Crippen LogP) is 3.54. The van der Waals surface area contributed by atoms with Crippen molar-refractivity contribution in [2.45, 2.75) is 51.0 Å². The molecule has 1 atom stereocenters. The van der Waals surface area contributed by atoms with Crippen molar-refractivity contribution >= 4 is 24.3 Å². The molecular weight excluding hydrogens is 388 g/mol. The van der Waals surface area contributed by atoms with Crippen LogP contribution >= 0.6 is 12.4 Å². The Balaban J connectivity index is 0.00000300. The van der Waals surface area contributed by atoms with Crippen LogP contribution in [0.3, 0.4) is 0 Å². The first-order valence-corrected chi connectivity index (χ1v) is 10.1. The lowest BCUT2D eigenvalue weighted by molar-refractivity contribution is -0.159. The van der Waals surface area contributed by atoms with Crippen LogP contribution in [0.4, 0.5) is 0 Å². The fourth-order valence-corrected chi connectivity index (χ4v) is 3.41. The highest BCUT2D eigenvalue weighted by Gasteiger charge is 2.24. The third-order valence-corrected chi connectivity index (χ3v) is 5.02. The summed E-state index contributed by atoms with van der Waals surface area (Å²) in [4.78, 5) is 28.6. The summed E-state index contributed by atoms with van der Waals surface area (Å²) < 4.78 is 0. The average molecular weight is 417 g/mol. The van der Waals surface area contributed by atoms with Crippen LogP contribution < -0.4 is 10.8 Å². The van der Waals surface area contributed by atoms with E-state index in [0.717, 1.165) is 50.6 Å². The maximum absolute atomic E-state index is 12.0. The number of hydrogen-bond donors (Lipinski definition) is 2. The van der Waals surface area contributed by atoms with Gasteiger partial charge in [0.1, 0.15) is 6.04 Å². The van der Waals surface area contributed by atoms with Gasteiger partial charge in [0.15, 0.2) is 0 Å². The van der Waals surface area contributed by atoms with E-state index in [9.17, 15) is 9.59 Å². The molecule has 5 nitrogen and oxygen atoms in total. The van der Waals surface area contributed by atoms with E-state index in [1.807, 2.05) is 18.2 Å². The van der Waals surface area contributed by atoms with Crippen molar-refractivity contribution < 1.29 is 14.4 Å². The molecule has 3 rings (SSSR count). The SMILES string of the molecule is Cl.O=C(Cc1ccc(CCCCc2ccccc2)cc1)NOC(=O)[C@@H]1CCCN1. The second-order valence-electron chi connectivity index (χ2n) is 7.28. The first kappa shape index (κ1) is 22.9. The van der Waals surface area contributed by atoms with E-state index < -0.39 is 5.97 Å². The van der Waals surface area contributed by atoms with Gasteiger partial charge < -0.3 is 10.2 Å². The number of hydrogen-bond acceptors (Lipinski definition) is 4. The van der Waals surface area contributed by atoms with Crippen molar-refractivity contribution in [1.29, 1.82) is 0 Å². The van der Waals surface area contributed by atoms with Crippen LogP contribution in [0.15, 0.2) is 54.6 Å². The minimum absolute atomic E-state index is 0. The molecule has 1 aliphatic heterocycles. The zero-order valence-electron chi connectivity index (χ0n) is 16.6. The van der Waals surface area contributed by atoms with Crippen molar-refractivity contribution in [3.63, 3.8) is 0 Å². The van der Waals surface area contributed by atoms with E-state index in [4.69, 9.17) is 4.84 Å². The lowest BCUT2D eigenvalue weighted by Crippen LogP contribution is -2.38. The number of benzene rings is 2. The Morgan fingerprint density at radius 1 is 0.931 bits per heavy atom. The number of amides is 1. The van der Waals surface area contributed by atoms with Crippen molar-refractivity contribution in [1.82, 2.24) is 10.8 Å². The summed E-state index contributed by atoms with van der Waals surface area (Å²) in [5.41, 5.74) is 5.81. The summed E-state index contributed by atoms with van der Waals surface area (Å²) in [6, 6.07) is 18.3. The minimum atomic E-state index is -0.420. The molecule has 0 bridgehead atoms. The Hall–Kier alpha value is -2.37. The third-order valence-electron chi connectivity index (χ3n) is 5.02.